The van der Waals surface area contributed by atoms with E-state index in [1.807, 2.05) is 11.8 Å². The summed E-state index contributed by atoms with van der Waals surface area (Å²) in [5, 5.41) is 4.43. The number of hydrogen-bond acceptors (Lipinski definition) is 2. The van der Waals surface area contributed by atoms with Gasteiger partial charge in [0.25, 0.3) is 0 Å². The summed E-state index contributed by atoms with van der Waals surface area (Å²) in [5.41, 5.74) is 1.24. The van der Waals surface area contributed by atoms with Crippen LogP contribution in [0.5, 0.6) is 0 Å². The molecule has 0 aromatic carbocycles. The molecular weight excluding hydrogens is 178 g/mol. The molecule has 1 saturated carbocycles. The molecule has 0 aliphatic heterocycles. The van der Waals surface area contributed by atoms with Gasteiger partial charge in [0.2, 0.25) is 0 Å². The van der Waals surface area contributed by atoms with E-state index in [9.17, 15) is 0 Å². The van der Waals surface area contributed by atoms with Gasteiger partial charge in [0.15, 0.2) is 0 Å². The highest BCUT2D eigenvalue weighted by molar-refractivity contribution is 7.99. The molecule has 1 aliphatic rings. The SMILES string of the molecule is C=C(C)CNC1CCCCC1SC. The Morgan fingerprint density at radius 2 is 2.15 bits per heavy atom. The van der Waals surface area contributed by atoms with E-state index in [4.69, 9.17) is 0 Å². The van der Waals surface area contributed by atoms with Gasteiger partial charge in [0.05, 0.1) is 0 Å². The van der Waals surface area contributed by atoms with Crippen molar-refractivity contribution >= 4 is 11.8 Å². The summed E-state index contributed by atoms with van der Waals surface area (Å²) in [6.45, 7) is 7.00. The predicted octanol–water partition coefficient (Wildman–Crippen LogP) is 2.83. The Balaban J connectivity index is 2.31. The van der Waals surface area contributed by atoms with Crippen LogP contribution in [-0.4, -0.2) is 24.1 Å². The zero-order valence-corrected chi connectivity index (χ0v) is 9.62. The van der Waals surface area contributed by atoms with Crippen LogP contribution in [-0.2, 0) is 0 Å². The molecule has 2 unspecified atom stereocenters. The second-order valence-electron chi connectivity index (χ2n) is 4.00. The van der Waals surface area contributed by atoms with Crippen molar-refractivity contribution in [3.63, 3.8) is 0 Å². The van der Waals surface area contributed by atoms with Gasteiger partial charge >= 0.3 is 0 Å². The average Bonchev–Trinajstić information content (AvgIpc) is 2.15. The second-order valence-corrected chi connectivity index (χ2v) is 5.08. The molecule has 13 heavy (non-hydrogen) atoms. The van der Waals surface area contributed by atoms with Crippen molar-refractivity contribution in [1.82, 2.24) is 5.32 Å². The van der Waals surface area contributed by atoms with Crippen LogP contribution >= 0.6 is 11.8 Å². The maximum atomic E-state index is 3.92. The van der Waals surface area contributed by atoms with Crippen molar-refractivity contribution < 1.29 is 0 Å². The minimum Gasteiger partial charge on any atom is -0.309 e. The van der Waals surface area contributed by atoms with E-state index in [-0.39, 0.29) is 0 Å². The number of rotatable bonds is 4. The molecule has 2 heteroatoms. The summed E-state index contributed by atoms with van der Waals surface area (Å²) < 4.78 is 0. The standard InChI is InChI=1S/C11H21NS/c1-9(2)8-12-10-6-4-5-7-11(10)13-3/h10-12H,1,4-8H2,2-3H3. The molecule has 0 spiro atoms. The Kier molecular flexibility index (Phi) is 4.89. The first kappa shape index (κ1) is 11.1. The summed E-state index contributed by atoms with van der Waals surface area (Å²) in [7, 11) is 0. The predicted molar refractivity (Wildman–Crippen MR) is 62.4 cm³/mol. The van der Waals surface area contributed by atoms with E-state index in [0.29, 0.717) is 0 Å². The van der Waals surface area contributed by atoms with Crippen molar-refractivity contribution in [2.45, 2.75) is 43.9 Å². The topological polar surface area (TPSA) is 12.0 Å². The van der Waals surface area contributed by atoms with Crippen molar-refractivity contribution in [3.8, 4) is 0 Å². The van der Waals surface area contributed by atoms with Gasteiger partial charge in [0.1, 0.15) is 0 Å². The maximum Gasteiger partial charge on any atom is 0.0198 e. The van der Waals surface area contributed by atoms with Crippen LogP contribution in [0.25, 0.3) is 0 Å². The minimum absolute atomic E-state index is 0.723. The molecule has 1 N–H and O–H groups in total. The second kappa shape index (κ2) is 5.71. The van der Waals surface area contributed by atoms with Gasteiger partial charge in [-0.1, -0.05) is 25.0 Å². The molecule has 2 atom stereocenters. The summed E-state index contributed by atoms with van der Waals surface area (Å²) in [5.74, 6) is 0. The molecular formula is C11H21NS. The normalized spacial score (nSPS) is 28.8. The fourth-order valence-corrected chi connectivity index (χ4v) is 2.88. The molecule has 1 nitrogen and oxygen atoms in total. The van der Waals surface area contributed by atoms with Crippen LogP contribution in [0.4, 0.5) is 0 Å². The summed E-state index contributed by atoms with van der Waals surface area (Å²) in [6.07, 6.45) is 7.76. The third-order valence-corrected chi connectivity index (χ3v) is 3.84. The highest BCUT2D eigenvalue weighted by Crippen LogP contribution is 2.26. The lowest BCUT2D eigenvalue weighted by Crippen LogP contribution is -2.40. The highest BCUT2D eigenvalue weighted by Gasteiger charge is 2.23. The zero-order chi connectivity index (χ0) is 9.68. The largest absolute Gasteiger partial charge is 0.309 e. The van der Waals surface area contributed by atoms with Crippen molar-refractivity contribution in [1.29, 1.82) is 0 Å². The Morgan fingerprint density at radius 3 is 2.77 bits per heavy atom. The van der Waals surface area contributed by atoms with Crippen LogP contribution in [0.1, 0.15) is 32.6 Å². The number of thioether (sulfide) groups is 1. The van der Waals surface area contributed by atoms with Crippen LogP contribution in [0.15, 0.2) is 12.2 Å². The summed E-state index contributed by atoms with van der Waals surface area (Å²) >= 11 is 2.01. The summed E-state index contributed by atoms with van der Waals surface area (Å²) in [4.78, 5) is 0. The van der Waals surface area contributed by atoms with E-state index in [0.717, 1.165) is 17.8 Å². The fraction of sp³-hybridized carbons (Fsp3) is 0.818. The third kappa shape index (κ3) is 3.74. The van der Waals surface area contributed by atoms with Crippen LogP contribution < -0.4 is 5.32 Å². The minimum atomic E-state index is 0.723. The summed E-state index contributed by atoms with van der Waals surface area (Å²) in [6, 6.07) is 0.723. The van der Waals surface area contributed by atoms with Gasteiger partial charge in [-0.2, -0.15) is 11.8 Å². The Morgan fingerprint density at radius 1 is 1.46 bits per heavy atom. The Bertz CT molecular complexity index is 167. The monoisotopic (exact) mass is 199 g/mol. The van der Waals surface area contributed by atoms with Crippen molar-refractivity contribution in [2.24, 2.45) is 0 Å². The number of hydrogen-bond donors (Lipinski definition) is 1. The fourth-order valence-electron chi connectivity index (χ4n) is 1.92. The van der Waals surface area contributed by atoms with E-state index in [1.54, 1.807) is 0 Å². The molecule has 0 radical (unpaired) electrons. The van der Waals surface area contributed by atoms with Crippen molar-refractivity contribution in [2.75, 3.05) is 12.8 Å². The lowest BCUT2D eigenvalue weighted by molar-refractivity contribution is 0.394. The average molecular weight is 199 g/mol. The van der Waals surface area contributed by atoms with Crippen molar-refractivity contribution in [3.05, 3.63) is 12.2 Å². The van der Waals surface area contributed by atoms with Crippen LogP contribution in [0.3, 0.4) is 0 Å². The first-order valence-corrected chi connectivity index (χ1v) is 6.43. The zero-order valence-electron chi connectivity index (χ0n) is 8.81. The molecule has 0 amide bonds. The molecule has 0 bridgehead atoms. The van der Waals surface area contributed by atoms with Crippen LogP contribution in [0.2, 0.25) is 0 Å². The van der Waals surface area contributed by atoms with Gasteiger partial charge in [-0.05, 0) is 26.0 Å². The maximum absolute atomic E-state index is 3.92. The Hall–Kier alpha value is 0.0500. The first-order chi connectivity index (χ1) is 6.24. The Labute approximate surface area is 86.4 Å². The number of nitrogens with one attached hydrogen (secondary N) is 1. The molecule has 0 saturated heterocycles. The molecule has 1 aliphatic carbocycles. The lowest BCUT2D eigenvalue weighted by atomic mass is 9.95. The van der Waals surface area contributed by atoms with Crippen LogP contribution in [0, 0.1) is 0 Å². The van der Waals surface area contributed by atoms with Gasteiger partial charge in [-0.15, -0.1) is 0 Å². The van der Waals surface area contributed by atoms with E-state index >= 15 is 0 Å². The first-order valence-electron chi connectivity index (χ1n) is 5.14. The molecule has 1 fully saturated rings. The quantitative estimate of drug-likeness (QED) is 0.699. The van der Waals surface area contributed by atoms with E-state index in [2.05, 4.69) is 25.1 Å². The molecule has 0 aromatic rings. The lowest BCUT2D eigenvalue weighted by Gasteiger charge is -2.31. The van der Waals surface area contributed by atoms with Gasteiger partial charge < -0.3 is 5.32 Å². The molecule has 0 aromatic heterocycles. The molecule has 76 valence electrons. The van der Waals surface area contributed by atoms with Gasteiger partial charge in [0, 0.05) is 17.8 Å². The van der Waals surface area contributed by atoms with Gasteiger partial charge in [-0.25, -0.2) is 0 Å². The highest BCUT2D eigenvalue weighted by atomic mass is 32.2. The smallest absolute Gasteiger partial charge is 0.0198 e. The molecule has 0 heterocycles. The van der Waals surface area contributed by atoms with E-state index in [1.165, 1.54) is 31.3 Å². The molecule has 1 rings (SSSR count). The third-order valence-electron chi connectivity index (χ3n) is 2.67. The van der Waals surface area contributed by atoms with Gasteiger partial charge in [-0.3, -0.25) is 0 Å². The van der Waals surface area contributed by atoms with E-state index < -0.39 is 0 Å².